The van der Waals surface area contributed by atoms with Gasteiger partial charge in [0.05, 0.1) is 6.61 Å². The molecular weight excluding hydrogens is 229 g/mol. The standard InChI is InChI=1S/C15H24FNO/c1-11(2)10-18-14-7-6-12(8-13(14)16)9-17-15(3,4)5/h6-8,11,17H,9-10H2,1-5H3. The minimum absolute atomic E-state index is 0.0310. The summed E-state index contributed by atoms with van der Waals surface area (Å²) in [5.41, 5.74) is 0.961. The zero-order chi connectivity index (χ0) is 13.8. The zero-order valence-corrected chi connectivity index (χ0v) is 12.0. The van der Waals surface area contributed by atoms with Crippen LogP contribution in [0.25, 0.3) is 0 Å². The van der Waals surface area contributed by atoms with E-state index in [0.717, 1.165) is 5.56 Å². The maximum absolute atomic E-state index is 13.8. The van der Waals surface area contributed by atoms with E-state index in [4.69, 9.17) is 4.74 Å². The molecule has 0 aliphatic heterocycles. The summed E-state index contributed by atoms with van der Waals surface area (Å²) in [5, 5.41) is 3.33. The highest BCUT2D eigenvalue weighted by atomic mass is 19.1. The van der Waals surface area contributed by atoms with Gasteiger partial charge < -0.3 is 10.1 Å². The summed E-state index contributed by atoms with van der Waals surface area (Å²) in [7, 11) is 0. The Labute approximate surface area is 110 Å². The molecule has 1 aromatic carbocycles. The Morgan fingerprint density at radius 1 is 1.28 bits per heavy atom. The molecule has 0 radical (unpaired) electrons. The van der Waals surface area contributed by atoms with Gasteiger partial charge in [0.25, 0.3) is 0 Å². The van der Waals surface area contributed by atoms with Gasteiger partial charge in [0, 0.05) is 12.1 Å². The lowest BCUT2D eigenvalue weighted by Gasteiger charge is -2.20. The van der Waals surface area contributed by atoms with E-state index in [-0.39, 0.29) is 11.4 Å². The fourth-order valence-electron chi connectivity index (χ4n) is 1.40. The van der Waals surface area contributed by atoms with E-state index in [2.05, 4.69) is 26.1 Å². The van der Waals surface area contributed by atoms with Crippen LogP contribution in [-0.2, 0) is 6.54 Å². The van der Waals surface area contributed by atoms with Crippen LogP contribution in [0.1, 0.15) is 40.2 Å². The van der Waals surface area contributed by atoms with Gasteiger partial charge in [-0.15, -0.1) is 0 Å². The number of rotatable bonds is 5. The molecule has 1 N–H and O–H groups in total. The van der Waals surface area contributed by atoms with Crippen LogP contribution in [0.15, 0.2) is 18.2 Å². The molecule has 0 aromatic heterocycles. The van der Waals surface area contributed by atoms with Gasteiger partial charge in [0.15, 0.2) is 11.6 Å². The molecule has 102 valence electrons. The second-order valence-corrected chi connectivity index (χ2v) is 6.07. The van der Waals surface area contributed by atoms with Crippen LogP contribution < -0.4 is 10.1 Å². The molecular formula is C15H24FNO. The van der Waals surface area contributed by atoms with Crippen LogP contribution in [0.4, 0.5) is 4.39 Å². The third-order valence-corrected chi connectivity index (χ3v) is 2.39. The highest BCUT2D eigenvalue weighted by Crippen LogP contribution is 2.19. The van der Waals surface area contributed by atoms with E-state index in [1.165, 1.54) is 6.07 Å². The molecule has 0 atom stereocenters. The van der Waals surface area contributed by atoms with Crippen molar-refractivity contribution in [2.75, 3.05) is 6.61 Å². The number of hydrogen-bond acceptors (Lipinski definition) is 2. The Balaban J connectivity index is 2.62. The van der Waals surface area contributed by atoms with Crippen LogP contribution >= 0.6 is 0 Å². The van der Waals surface area contributed by atoms with Crippen molar-refractivity contribution < 1.29 is 9.13 Å². The summed E-state index contributed by atoms with van der Waals surface area (Å²) in [6, 6.07) is 5.14. The summed E-state index contributed by atoms with van der Waals surface area (Å²) in [6.45, 7) is 11.5. The number of nitrogens with one attached hydrogen (secondary N) is 1. The Hall–Kier alpha value is -1.09. The lowest BCUT2D eigenvalue weighted by atomic mass is 10.1. The van der Waals surface area contributed by atoms with Gasteiger partial charge in [-0.2, -0.15) is 0 Å². The molecule has 0 spiro atoms. The smallest absolute Gasteiger partial charge is 0.165 e. The predicted octanol–water partition coefficient (Wildman–Crippen LogP) is 3.75. The third-order valence-electron chi connectivity index (χ3n) is 2.39. The second-order valence-electron chi connectivity index (χ2n) is 6.07. The highest BCUT2D eigenvalue weighted by molar-refractivity contribution is 5.29. The van der Waals surface area contributed by atoms with Gasteiger partial charge in [-0.3, -0.25) is 0 Å². The van der Waals surface area contributed by atoms with Gasteiger partial charge in [0.1, 0.15) is 0 Å². The Morgan fingerprint density at radius 3 is 2.44 bits per heavy atom. The van der Waals surface area contributed by atoms with Gasteiger partial charge in [-0.05, 0) is 44.4 Å². The first-order chi connectivity index (χ1) is 8.28. The van der Waals surface area contributed by atoms with Crippen molar-refractivity contribution in [3.8, 4) is 5.75 Å². The summed E-state index contributed by atoms with van der Waals surface area (Å²) < 4.78 is 19.2. The normalized spacial score (nSPS) is 11.9. The van der Waals surface area contributed by atoms with Crippen LogP contribution in [0.5, 0.6) is 5.75 Å². The molecule has 0 saturated heterocycles. The lowest BCUT2D eigenvalue weighted by Crippen LogP contribution is -2.35. The van der Waals surface area contributed by atoms with E-state index in [9.17, 15) is 4.39 Å². The summed E-state index contributed by atoms with van der Waals surface area (Å²) in [4.78, 5) is 0. The molecule has 0 heterocycles. The number of halogens is 1. The molecule has 0 bridgehead atoms. The van der Waals surface area contributed by atoms with E-state index < -0.39 is 0 Å². The van der Waals surface area contributed by atoms with Gasteiger partial charge in [-0.25, -0.2) is 4.39 Å². The van der Waals surface area contributed by atoms with E-state index in [1.54, 1.807) is 6.07 Å². The number of hydrogen-bond donors (Lipinski definition) is 1. The first-order valence-electron chi connectivity index (χ1n) is 6.44. The summed E-state index contributed by atoms with van der Waals surface area (Å²) in [6.07, 6.45) is 0. The lowest BCUT2D eigenvalue weighted by molar-refractivity contribution is 0.259. The van der Waals surface area contributed by atoms with Crippen molar-refractivity contribution >= 4 is 0 Å². The maximum Gasteiger partial charge on any atom is 0.165 e. The summed E-state index contributed by atoms with van der Waals surface area (Å²) in [5.74, 6) is 0.443. The largest absolute Gasteiger partial charge is 0.490 e. The minimum atomic E-state index is -0.288. The van der Waals surface area contributed by atoms with Crippen LogP contribution in [-0.4, -0.2) is 12.1 Å². The van der Waals surface area contributed by atoms with Crippen LogP contribution in [0, 0.1) is 11.7 Å². The highest BCUT2D eigenvalue weighted by Gasteiger charge is 2.10. The average molecular weight is 253 g/mol. The van der Waals surface area contributed by atoms with Crippen molar-refractivity contribution in [3.63, 3.8) is 0 Å². The predicted molar refractivity (Wildman–Crippen MR) is 73.3 cm³/mol. The van der Waals surface area contributed by atoms with Crippen molar-refractivity contribution in [2.24, 2.45) is 5.92 Å². The molecule has 1 rings (SSSR count). The fourth-order valence-corrected chi connectivity index (χ4v) is 1.40. The van der Waals surface area contributed by atoms with Gasteiger partial charge in [-0.1, -0.05) is 19.9 Å². The van der Waals surface area contributed by atoms with Crippen molar-refractivity contribution in [2.45, 2.75) is 46.7 Å². The minimum Gasteiger partial charge on any atom is -0.490 e. The Morgan fingerprint density at radius 2 is 1.94 bits per heavy atom. The van der Waals surface area contributed by atoms with Crippen LogP contribution in [0.3, 0.4) is 0 Å². The zero-order valence-electron chi connectivity index (χ0n) is 12.0. The maximum atomic E-state index is 13.8. The quantitative estimate of drug-likeness (QED) is 0.863. The molecule has 0 saturated carbocycles. The van der Waals surface area contributed by atoms with Crippen molar-refractivity contribution in [1.29, 1.82) is 0 Å². The molecule has 0 amide bonds. The number of benzene rings is 1. The second kappa shape index (κ2) is 6.19. The SMILES string of the molecule is CC(C)COc1ccc(CNC(C)(C)C)cc1F. The van der Waals surface area contributed by atoms with E-state index in [0.29, 0.717) is 24.8 Å². The van der Waals surface area contributed by atoms with Gasteiger partial charge >= 0.3 is 0 Å². The third kappa shape index (κ3) is 5.50. The molecule has 0 aliphatic rings. The van der Waals surface area contributed by atoms with Gasteiger partial charge in [0.2, 0.25) is 0 Å². The Kier molecular flexibility index (Phi) is 5.15. The monoisotopic (exact) mass is 253 g/mol. The molecule has 0 unspecified atom stereocenters. The van der Waals surface area contributed by atoms with E-state index >= 15 is 0 Å². The summed E-state index contributed by atoms with van der Waals surface area (Å²) >= 11 is 0. The van der Waals surface area contributed by atoms with Crippen molar-refractivity contribution in [3.05, 3.63) is 29.6 Å². The first kappa shape index (κ1) is 15.0. The molecule has 18 heavy (non-hydrogen) atoms. The first-order valence-corrected chi connectivity index (χ1v) is 6.44. The molecule has 1 aromatic rings. The Bertz CT molecular complexity index is 383. The molecule has 0 aliphatic carbocycles. The average Bonchev–Trinajstić information content (AvgIpc) is 2.24. The van der Waals surface area contributed by atoms with Crippen LogP contribution in [0.2, 0.25) is 0 Å². The van der Waals surface area contributed by atoms with Crippen molar-refractivity contribution in [1.82, 2.24) is 5.32 Å². The molecule has 3 heteroatoms. The fraction of sp³-hybridized carbons (Fsp3) is 0.600. The van der Waals surface area contributed by atoms with E-state index in [1.807, 2.05) is 19.9 Å². The number of ether oxygens (including phenoxy) is 1. The molecule has 0 fully saturated rings. The topological polar surface area (TPSA) is 21.3 Å². The molecule has 2 nitrogen and oxygen atoms in total.